The Balaban J connectivity index is 1.23. The highest BCUT2D eigenvalue weighted by Gasteiger charge is 2.42. The number of thiazole rings is 1. The van der Waals surface area contributed by atoms with Crippen LogP contribution in [0.5, 0.6) is 0 Å². The Kier molecular flexibility index (Phi) is 5.84. The quantitative estimate of drug-likeness (QED) is 0.500. The van der Waals surface area contributed by atoms with Gasteiger partial charge in [-0.25, -0.2) is 4.98 Å². The van der Waals surface area contributed by atoms with Crippen molar-refractivity contribution in [2.24, 2.45) is 5.92 Å². The van der Waals surface area contributed by atoms with Crippen molar-refractivity contribution in [3.05, 3.63) is 81.3 Å². The zero-order valence-corrected chi connectivity index (χ0v) is 21.0. The summed E-state index contributed by atoms with van der Waals surface area (Å²) in [6.07, 6.45) is 4.27. The van der Waals surface area contributed by atoms with Crippen LogP contribution in [0.1, 0.15) is 62.7 Å². The van der Waals surface area contributed by atoms with Gasteiger partial charge in [0.1, 0.15) is 5.01 Å². The lowest BCUT2D eigenvalue weighted by atomic mass is 9.93. The molecule has 3 aliphatic heterocycles. The van der Waals surface area contributed by atoms with Crippen molar-refractivity contribution in [1.29, 1.82) is 0 Å². The highest BCUT2D eigenvalue weighted by molar-refractivity contribution is 7.09. The number of fused-ring (bicyclic) bond motifs is 2. The summed E-state index contributed by atoms with van der Waals surface area (Å²) in [6.45, 7) is 4.54. The fourth-order valence-corrected chi connectivity index (χ4v) is 6.48. The van der Waals surface area contributed by atoms with E-state index in [0.29, 0.717) is 24.2 Å². The zero-order chi connectivity index (χ0) is 24.8. The first-order valence-electron chi connectivity index (χ1n) is 12.5. The van der Waals surface area contributed by atoms with Crippen LogP contribution in [0, 0.1) is 5.92 Å². The van der Waals surface area contributed by atoms with Crippen LogP contribution in [0.15, 0.2) is 54.0 Å². The van der Waals surface area contributed by atoms with E-state index >= 15 is 0 Å². The molecule has 0 saturated carbocycles. The van der Waals surface area contributed by atoms with Crippen LogP contribution in [0.25, 0.3) is 0 Å². The first kappa shape index (κ1) is 22.9. The fourth-order valence-electron chi connectivity index (χ4n) is 5.79. The lowest BCUT2D eigenvalue weighted by Crippen LogP contribution is -2.46. The molecule has 8 heteroatoms. The van der Waals surface area contributed by atoms with Crippen LogP contribution in [-0.4, -0.2) is 52.1 Å². The highest BCUT2D eigenvalue weighted by atomic mass is 32.1. The van der Waals surface area contributed by atoms with Crippen LogP contribution in [0.4, 0.5) is 5.69 Å². The number of piperidine rings is 1. The number of benzene rings is 2. The van der Waals surface area contributed by atoms with Crippen LogP contribution >= 0.6 is 11.3 Å². The Hall–Kier alpha value is -3.52. The molecule has 2 atom stereocenters. The molecule has 3 aromatic rings. The number of hydrogen-bond acceptors (Lipinski definition) is 6. The predicted octanol–water partition coefficient (Wildman–Crippen LogP) is 4.30. The van der Waals surface area contributed by atoms with E-state index < -0.39 is 6.04 Å². The fraction of sp³-hybridized carbons (Fsp3) is 0.357. The standard InChI is InChI=1S/C28H28N4O3S/c1-18(25-29-12-15-36-25)32-27(34)22-9-4-10-23(24(22)28(32)35)30-13-5-8-21(17-30)26(33)31-14-11-19-6-2-3-7-20(19)16-31/h2-4,6-7,9-10,12,15,18,21H,5,8,11,13-14,16-17H2,1H3. The molecule has 1 fully saturated rings. The smallest absolute Gasteiger partial charge is 0.264 e. The van der Waals surface area contributed by atoms with E-state index in [9.17, 15) is 14.4 Å². The summed E-state index contributed by atoms with van der Waals surface area (Å²) in [5, 5.41) is 2.58. The van der Waals surface area contributed by atoms with E-state index in [0.717, 1.165) is 43.0 Å². The molecule has 2 aromatic carbocycles. The first-order chi connectivity index (χ1) is 17.5. The topological polar surface area (TPSA) is 73.8 Å². The third-order valence-electron chi connectivity index (χ3n) is 7.67. The summed E-state index contributed by atoms with van der Waals surface area (Å²) in [7, 11) is 0. The third kappa shape index (κ3) is 3.80. The maximum atomic E-state index is 13.6. The summed E-state index contributed by atoms with van der Waals surface area (Å²) >= 11 is 1.44. The van der Waals surface area contributed by atoms with Gasteiger partial charge in [-0.1, -0.05) is 30.3 Å². The second-order valence-corrected chi connectivity index (χ2v) is 10.7. The Morgan fingerprint density at radius 2 is 1.89 bits per heavy atom. The Morgan fingerprint density at radius 1 is 1.06 bits per heavy atom. The number of amides is 3. The van der Waals surface area contributed by atoms with Crippen LogP contribution in [0.3, 0.4) is 0 Å². The molecule has 2 unspecified atom stereocenters. The van der Waals surface area contributed by atoms with E-state index in [1.807, 2.05) is 35.4 Å². The zero-order valence-electron chi connectivity index (χ0n) is 20.2. The number of anilines is 1. The van der Waals surface area contributed by atoms with Gasteiger partial charge in [0.15, 0.2) is 0 Å². The largest absolute Gasteiger partial charge is 0.370 e. The molecule has 7 nitrogen and oxygen atoms in total. The number of imide groups is 1. The van der Waals surface area contributed by atoms with Gasteiger partial charge < -0.3 is 9.80 Å². The van der Waals surface area contributed by atoms with Crippen molar-refractivity contribution in [2.45, 2.75) is 38.8 Å². The molecular formula is C28H28N4O3S. The normalized spacial score (nSPS) is 20.4. The molecule has 36 heavy (non-hydrogen) atoms. The third-order valence-corrected chi connectivity index (χ3v) is 8.62. The van der Waals surface area contributed by atoms with Gasteiger partial charge in [-0.15, -0.1) is 11.3 Å². The molecule has 3 amide bonds. The first-order valence-corrected chi connectivity index (χ1v) is 13.4. The summed E-state index contributed by atoms with van der Waals surface area (Å²) in [6, 6.07) is 13.4. The second-order valence-electron chi connectivity index (χ2n) is 9.79. The van der Waals surface area contributed by atoms with Crippen molar-refractivity contribution in [3.8, 4) is 0 Å². The van der Waals surface area contributed by atoms with Crippen molar-refractivity contribution in [3.63, 3.8) is 0 Å². The van der Waals surface area contributed by atoms with E-state index in [2.05, 4.69) is 28.1 Å². The van der Waals surface area contributed by atoms with Crippen LogP contribution < -0.4 is 4.90 Å². The molecule has 3 aliphatic rings. The Labute approximate surface area is 214 Å². The number of carbonyl (C=O) groups excluding carboxylic acids is 3. The van der Waals surface area contributed by atoms with E-state index in [-0.39, 0.29) is 23.6 Å². The predicted molar refractivity (Wildman–Crippen MR) is 138 cm³/mol. The van der Waals surface area contributed by atoms with Crippen molar-refractivity contribution in [2.75, 3.05) is 24.5 Å². The monoisotopic (exact) mass is 500 g/mol. The summed E-state index contributed by atoms with van der Waals surface area (Å²) in [4.78, 5) is 50.1. The summed E-state index contributed by atoms with van der Waals surface area (Å²) < 4.78 is 0. The van der Waals surface area contributed by atoms with Gasteiger partial charge in [0.05, 0.1) is 28.8 Å². The lowest BCUT2D eigenvalue weighted by molar-refractivity contribution is -0.136. The molecular weight excluding hydrogens is 472 g/mol. The Bertz CT molecular complexity index is 1340. The molecule has 0 N–H and O–H groups in total. The summed E-state index contributed by atoms with van der Waals surface area (Å²) in [5.41, 5.74) is 4.18. The van der Waals surface area contributed by atoms with E-state index in [4.69, 9.17) is 0 Å². The van der Waals surface area contributed by atoms with Crippen LogP contribution in [0.2, 0.25) is 0 Å². The van der Waals surface area contributed by atoms with E-state index in [1.165, 1.54) is 27.4 Å². The SMILES string of the molecule is CC(c1nccs1)N1C(=O)c2cccc(N3CCCC(C(=O)N4CCc5ccccc5C4)C3)c2C1=O. The van der Waals surface area contributed by atoms with Crippen LogP contribution in [-0.2, 0) is 17.8 Å². The van der Waals surface area contributed by atoms with Crippen molar-refractivity contribution < 1.29 is 14.4 Å². The molecule has 0 radical (unpaired) electrons. The van der Waals surface area contributed by atoms with Crippen molar-refractivity contribution in [1.82, 2.24) is 14.8 Å². The maximum absolute atomic E-state index is 13.6. The average molecular weight is 501 g/mol. The number of nitrogens with zero attached hydrogens (tertiary/aromatic N) is 4. The molecule has 0 aliphatic carbocycles. The average Bonchev–Trinajstić information content (AvgIpc) is 3.55. The van der Waals surface area contributed by atoms with Gasteiger partial charge in [0.2, 0.25) is 5.91 Å². The Morgan fingerprint density at radius 3 is 2.69 bits per heavy atom. The molecule has 1 aromatic heterocycles. The van der Waals surface area contributed by atoms with Gasteiger partial charge in [-0.3, -0.25) is 19.3 Å². The number of aromatic nitrogens is 1. The number of rotatable bonds is 4. The molecule has 0 bridgehead atoms. The van der Waals surface area contributed by atoms with Gasteiger partial charge in [0, 0.05) is 37.8 Å². The minimum absolute atomic E-state index is 0.127. The van der Waals surface area contributed by atoms with Gasteiger partial charge in [-0.05, 0) is 49.4 Å². The van der Waals surface area contributed by atoms with Crippen molar-refractivity contribution >= 4 is 34.7 Å². The molecule has 1 saturated heterocycles. The molecule has 184 valence electrons. The van der Waals surface area contributed by atoms with E-state index in [1.54, 1.807) is 12.3 Å². The maximum Gasteiger partial charge on any atom is 0.264 e. The number of carbonyl (C=O) groups is 3. The minimum atomic E-state index is -0.428. The lowest BCUT2D eigenvalue weighted by Gasteiger charge is -2.38. The summed E-state index contributed by atoms with van der Waals surface area (Å²) in [5.74, 6) is -0.508. The number of hydrogen-bond donors (Lipinski definition) is 0. The molecule has 4 heterocycles. The second kappa shape index (κ2) is 9.17. The molecule has 0 spiro atoms. The molecule has 6 rings (SSSR count). The van der Waals surface area contributed by atoms with Gasteiger partial charge in [0.25, 0.3) is 11.8 Å². The highest BCUT2D eigenvalue weighted by Crippen LogP contribution is 2.38. The van der Waals surface area contributed by atoms with Gasteiger partial charge in [-0.2, -0.15) is 0 Å². The minimum Gasteiger partial charge on any atom is -0.370 e. The van der Waals surface area contributed by atoms with Gasteiger partial charge >= 0.3 is 0 Å².